The maximum atomic E-state index is 12.0. The maximum absolute atomic E-state index is 12.0. The normalized spacial score (nSPS) is 12.3. The van der Waals surface area contributed by atoms with Crippen LogP contribution in [0.15, 0.2) is 22.7 Å². The molecule has 0 radical (unpaired) electrons. The molecule has 1 amide bonds. The van der Waals surface area contributed by atoms with Gasteiger partial charge in [-0.1, -0.05) is 6.07 Å². The second-order valence-corrected chi connectivity index (χ2v) is 4.87. The summed E-state index contributed by atoms with van der Waals surface area (Å²) in [5.74, 6) is -0.0900. The molecule has 3 nitrogen and oxygen atoms in total. The van der Waals surface area contributed by atoms with E-state index in [1.165, 1.54) is 4.90 Å². The Hall–Kier alpha value is -0.870. The Morgan fingerprint density at radius 1 is 1.56 bits per heavy atom. The number of aryl methyl sites for hydroxylation is 1. The predicted molar refractivity (Wildman–Crippen MR) is 67.5 cm³/mol. The lowest BCUT2D eigenvalue weighted by Crippen LogP contribution is -2.33. The molecule has 1 N–H and O–H groups in total. The van der Waals surface area contributed by atoms with Crippen molar-refractivity contribution < 1.29 is 9.90 Å². The van der Waals surface area contributed by atoms with Gasteiger partial charge >= 0.3 is 0 Å². The van der Waals surface area contributed by atoms with Gasteiger partial charge < -0.3 is 10.0 Å². The Morgan fingerprint density at radius 3 is 2.69 bits per heavy atom. The standard InChI is InChI=1S/C12H16BrNO2/c1-8-4-5-10(11(13)6-8)12(16)14(3)7-9(2)15/h4-6,9,15H,7H2,1-3H3. The van der Waals surface area contributed by atoms with Crippen molar-refractivity contribution in [2.24, 2.45) is 0 Å². The third kappa shape index (κ3) is 3.32. The highest BCUT2D eigenvalue weighted by Gasteiger charge is 2.15. The summed E-state index contributed by atoms with van der Waals surface area (Å²) in [6, 6.07) is 5.60. The van der Waals surface area contributed by atoms with E-state index in [4.69, 9.17) is 0 Å². The topological polar surface area (TPSA) is 40.5 Å². The minimum absolute atomic E-state index is 0.0900. The average Bonchev–Trinajstić information content (AvgIpc) is 2.15. The molecule has 0 aromatic heterocycles. The van der Waals surface area contributed by atoms with Crippen molar-refractivity contribution in [2.45, 2.75) is 20.0 Å². The summed E-state index contributed by atoms with van der Waals surface area (Å²) in [5.41, 5.74) is 1.72. The number of halogens is 1. The van der Waals surface area contributed by atoms with E-state index >= 15 is 0 Å². The third-order valence-electron chi connectivity index (χ3n) is 2.24. The summed E-state index contributed by atoms with van der Waals surface area (Å²) in [6.07, 6.45) is -0.516. The number of aliphatic hydroxyl groups excluding tert-OH is 1. The Morgan fingerprint density at radius 2 is 2.19 bits per heavy atom. The molecule has 1 aromatic rings. The number of rotatable bonds is 3. The van der Waals surface area contributed by atoms with E-state index < -0.39 is 6.10 Å². The van der Waals surface area contributed by atoms with Crippen molar-refractivity contribution in [3.05, 3.63) is 33.8 Å². The molecule has 0 aliphatic rings. The van der Waals surface area contributed by atoms with Crippen molar-refractivity contribution in [1.82, 2.24) is 4.90 Å². The van der Waals surface area contributed by atoms with Crippen molar-refractivity contribution in [3.8, 4) is 0 Å². The first-order chi connectivity index (χ1) is 7.41. The Balaban J connectivity index is 2.88. The zero-order chi connectivity index (χ0) is 12.3. The van der Waals surface area contributed by atoms with Crippen LogP contribution in [-0.4, -0.2) is 35.6 Å². The molecule has 4 heteroatoms. The minimum Gasteiger partial charge on any atom is -0.392 e. The van der Waals surface area contributed by atoms with Crippen LogP contribution in [0.1, 0.15) is 22.8 Å². The quantitative estimate of drug-likeness (QED) is 0.925. The van der Waals surface area contributed by atoms with Gasteiger partial charge in [0.2, 0.25) is 0 Å². The Kier molecular flexibility index (Phi) is 4.50. The van der Waals surface area contributed by atoms with E-state index in [0.29, 0.717) is 12.1 Å². The van der Waals surface area contributed by atoms with Crippen LogP contribution in [0.25, 0.3) is 0 Å². The van der Waals surface area contributed by atoms with Crippen LogP contribution >= 0.6 is 15.9 Å². The second kappa shape index (κ2) is 5.46. The first-order valence-corrected chi connectivity index (χ1v) is 5.90. The Labute approximate surface area is 104 Å². The highest BCUT2D eigenvalue weighted by Crippen LogP contribution is 2.19. The molecule has 0 aliphatic heterocycles. The molecule has 0 heterocycles. The van der Waals surface area contributed by atoms with Crippen LogP contribution in [0.2, 0.25) is 0 Å². The summed E-state index contributed by atoms with van der Waals surface area (Å²) >= 11 is 3.37. The molecule has 0 saturated heterocycles. The summed E-state index contributed by atoms with van der Waals surface area (Å²) in [7, 11) is 1.68. The fraction of sp³-hybridized carbons (Fsp3) is 0.417. The fourth-order valence-corrected chi connectivity index (χ4v) is 2.14. The number of benzene rings is 1. The highest BCUT2D eigenvalue weighted by molar-refractivity contribution is 9.10. The molecule has 88 valence electrons. The van der Waals surface area contributed by atoms with Crippen LogP contribution in [0.5, 0.6) is 0 Å². The number of hydrogen-bond acceptors (Lipinski definition) is 2. The molecule has 1 atom stereocenters. The van der Waals surface area contributed by atoms with Crippen molar-refractivity contribution in [2.75, 3.05) is 13.6 Å². The molecule has 0 saturated carbocycles. The van der Waals surface area contributed by atoms with Crippen LogP contribution in [0.4, 0.5) is 0 Å². The largest absolute Gasteiger partial charge is 0.392 e. The number of carbonyl (C=O) groups is 1. The monoisotopic (exact) mass is 285 g/mol. The molecule has 1 rings (SSSR count). The lowest BCUT2D eigenvalue weighted by Gasteiger charge is -2.19. The van der Waals surface area contributed by atoms with E-state index in [-0.39, 0.29) is 5.91 Å². The smallest absolute Gasteiger partial charge is 0.254 e. The van der Waals surface area contributed by atoms with Gasteiger partial charge in [0.1, 0.15) is 0 Å². The van der Waals surface area contributed by atoms with Crippen molar-refractivity contribution >= 4 is 21.8 Å². The molecule has 0 spiro atoms. The number of carbonyl (C=O) groups excluding carboxylic acids is 1. The summed E-state index contributed by atoms with van der Waals surface area (Å²) in [5, 5.41) is 9.23. The van der Waals surface area contributed by atoms with Gasteiger partial charge in [-0.05, 0) is 47.5 Å². The molecule has 1 aromatic carbocycles. The fourth-order valence-electron chi connectivity index (χ4n) is 1.48. The zero-order valence-corrected chi connectivity index (χ0v) is 11.3. The number of likely N-dealkylation sites (N-methyl/N-ethyl adjacent to an activating group) is 1. The second-order valence-electron chi connectivity index (χ2n) is 4.02. The lowest BCUT2D eigenvalue weighted by molar-refractivity contribution is 0.0703. The zero-order valence-electron chi connectivity index (χ0n) is 9.70. The summed E-state index contributed by atoms with van der Waals surface area (Å²) < 4.78 is 0.787. The molecule has 0 bridgehead atoms. The average molecular weight is 286 g/mol. The van der Waals surface area contributed by atoms with Gasteiger partial charge in [0, 0.05) is 18.1 Å². The van der Waals surface area contributed by atoms with Gasteiger partial charge in [-0.3, -0.25) is 4.79 Å². The van der Waals surface area contributed by atoms with Crippen LogP contribution in [0.3, 0.4) is 0 Å². The van der Waals surface area contributed by atoms with Crippen LogP contribution < -0.4 is 0 Å². The van der Waals surface area contributed by atoms with Gasteiger partial charge in [0.05, 0.1) is 11.7 Å². The number of nitrogens with zero attached hydrogens (tertiary/aromatic N) is 1. The Bertz CT molecular complexity index is 391. The maximum Gasteiger partial charge on any atom is 0.254 e. The summed E-state index contributed by atoms with van der Waals surface area (Å²) in [4.78, 5) is 13.5. The molecule has 0 aliphatic carbocycles. The van der Waals surface area contributed by atoms with E-state index in [2.05, 4.69) is 15.9 Å². The van der Waals surface area contributed by atoms with Crippen molar-refractivity contribution in [1.29, 1.82) is 0 Å². The van der Waals surface area contributed by atoms with Gasteiger partial charge in [-0.25, -0.2) is 0 Å². The molecular weight excluding hydrogens is 270 g/mol. The molecule has 1 unspecified atom stereocenters. The molecule has 0 fully saturated rings. The molecular formula is C12H16BrNO2. The predicted octanol–water partition coefficient (Wildman–Crippen LogP) is 2.21. The van der Waals surface area contributed by atoms with Crippen LogP contribution in [-0.2, 0) is 0 Å². The van der Waals surface area contributed by atoms with Gasteiger partial charge in [0.25, 0.3) is 5.91 Å². The SMILES string of the molecule is Cc1ccc(C(=O)N(C)CC(C)O)c(Br)c1. The molecule has 16 heavy (non-hydrogen) atoms. The van der Waals surface area contributed by atoms with Crippen LogP contribution in [0, 0.1) is 6.92 Å². The van der Waals surface area contributed by atoms with Crippen molar-refractivity contribution in [3.63, 3.8) is 0 Å². The summed E-state index contributed by atoms with van der Waals surface area (Å²) in [6.45, 7) is 3.96. The highest BCUT2D eigenvalue weighted by atomic mass is 79.9. The van der Waals surface area contributed by atoms with Gasteiger partial charge in [-0.15, -0.1) is 0 Å². The number of amides is 1. The van der Waals surface area contributed by atoms with E-state index in [9.17, 15) is 9.90 Å². The minimum atomic E-state index is -0.516. The lowest BCUT2D eigenvalue weighted by atomic mass is 10.1. The number of aliphatic hydroxyl groups is 1. The van der Waals surface area contributed by atoms with Gasteiger partial charge in [-0.2, -0.15) is 0 Å². The third-order valence-corrected chi connectivity index (χ3v) is 2.90. The first-order valence-electron chi connectivity index (χ1n) is 5.11. The number of hydrogen-bond donors (Lipinski definition) is 1. The van der Waals surface area contributed by atoms with E-state index in [1.54, 1.807) is 20.0 Å². The van der Waals surface area contributed by atoms with E-state index in [0.717, 1.165) is 10.0 Å². The first kappa shape index (κ1) is 13.2. The van der Waals surface area contributed by atoms with E-state index in [1.807, 2.05) is 19.1 Å². The van der Waals surface area contributed by atoms with Gasteiger partial charge in [0.15, 0.2) is 0 Å².